The van der Waals surface area contributed by atoms with Crippen molar-refractivity contribution in [3.63, 3.8) is 0 Å². The van der Waals surface area contributed by atoms with E-state index >= 15 is 0 Å². The number of hydrogen-bond acceptors (Lipinski definition) is 6. The van der Waals surface area contributed by atoms with Gasteiger partial charge in [0.1, 0.15) is 17.9 Å². The lowest BCUT2D eigenvalue weighted by atomic mass is 9.89. The predicted octanol–water partition coefficient (Wildman–Crippen LogP) is 3.60. The summed E-state index contributed by atoms with van der Waals surface area (Å²) in [6.45, 7) is 5.33. The number of hydrogen-bond donors (Lipinski definition) is 3. The summed E-state index contributed by atoms with van der Waals surface area (Å²) in [6.07, 6.45) is 0.537. The molecule has 4 atom stereocenters. The number of alkyl halides is 3. The summed E-state index contributed by atoms with van der Waals surface area (Å²) in [5.74, 6) is -2.90. The van der Waals surface area contributed by atoms with Crippen LogP contribution in [0.15, 0.2) is 36.5 Å². The lowest BCUT2D eigenvalue weighted by molar-refractivity contribution is -0.165. The molecule has 0 spiro atoms. The number of Topliss-reactive ketones (excluding diaryl/α,β-unsaturated/α-hetero) is 1. The lowest BCUT2D eigenvalue weighted by Gasteiger charge is -2.35. The van der Waals surface area contributed by atoms with Crippen molar-refractivity contribution in [2.45, 2.75) is 70.8 Å². The Hall–Kier alpha value is -3.80. The highest BCUT2D eigenvalue weighted by Crippen LogP contribution is 2.34. The summed E-state index contributed by atoms with van der Waals surface area (Å²) >= 11 is 0. The number of ketones is 1. The average Bonchev–Trinajstić information content (AvgIpc) is 2.92. The molecule has 0 aliphatic carbocycles. The molecule has 9 nitrogen and oxygen atoms in total. The number of rotatable bonds is 1. The summed E-state index contributed by atoms with van der Waals surface area (Å²) in [7, 11) is 0. The largest absolute Gasteiger partial charge is 0.412 e. The van der Waals surface area contributed by atoms with Crippen LogP contribution in [0.4, 0.5) is 13.2 Å². The van der Waals surface area contributed by atoms with Gasteiger partial charge >= 0.3 is 6.18 Å². The van der Waals surface area contributed by atoms with E-state index in [9.17, 15) is 32.3 Å². The first-order chi connectivity index (χ1) is 19.3. The average molecular weight is 574 g/mol. The Bertz CT molecular complexity index is 1360. The number of allylic oxidation sites excluding steroid dienone is 1. The molecular weight excluding hydrogens is 539 g/mol. The van der Waals surface area contributed by atoms with Gasteiger partial charge in [0.25, 0.3) is 5.91 Å². The summed E-state index contributed by atoms with van der Waals surface area (Å²) in [4.78, 5) is 56.3. The zero-order chi connectivity index (χ0) is 29.9. The fraction of sp³-hybridized carbons (Fsp3) is 0.483. The maximum absolute atomic E-state index is 14.2. The van der Waals surface area contributed by atoms with Crippen molar-refractivity contribution < 1.29 is 32.3 Å². The number of carbonyl (C=O) groups excluding carboxylic acids is 4. The van der Waals surface area contributed by atoms with Gasteiger partial charge in [-0.2, -0.15) is 13.2 Å². The van der Waals surface area contributed by atoms with Gasteiger partial charge < -0.3 is 10.6 Å². The third-order valence-electron chi connectivity index (χ3n) is 7.44. The number of nitrogens with zero attached hydrogens (tertiary/aromatic N) is 2. The summed E-state index contributed by atoms with van der Waals surface area (Å²) in [6, 6.07) is 1.41. The first-order valence-corrected chi connectivity index (χ1v) is 13.7. The van der Waals surface area contributed by atoms with Gasteiger partial charge in [0.2, 0.25) is 11.8 Å². The second kappa shape index (κ2) is 12.4. The van der Waals surface area contributed by atoms with Crippen molar-refractivity contribution in [1.29, 1.82) is 0 Å². The molecule has 41 heavy (non-hydrogen) atoms. The molecule has 2 aliphatic rings. The van der Waals surface area contributed by atoms with E-state index in [4.69, 9.17) is 0 Å². The van der Waals surface area contributed by atoms with Crippen LogP contribution in [0.3, 0.4) is 0 Å². The van der Waals surface area contributed by atoms with Crippen molar-refractivity contribution in [3.8, 4) is 0 Å². The molecule has 1 saturated heterocycles. The van der Waals surface area contributed by atoms with E-state index in [0.29, 0.717) is 22.9 Å². The van der Waals surface area contributed by atoms with Crippen molar-refractivity contribution in [3.05, 3.63) is 47.8 Å². The van der Waals surface area contributed by atoms with Gasteiger partial charge in [-0.25, -0.2) is 5.43 Å². The zero-order valence-electron chi connectivity index (χ0n) is 23.1. The zero-order valence-corrected chi connectivity index (χ0v) is 23.1. The minimum Gasteiger partial charge on any atom is -0.344 e. The van der Waals surface area contributed by atoms with E-state index in [0.717, 1.165) is 5.01 Å². The van der Waals surface area contributed by atoms with Gasteiger partial charge in [-0.1, -0.05) is 32.1 Å². The summed E-state index contributed by atoms with van der Waals surface area (Å²) < 4.78 is 42.6. The Morgan fingerprint density at radius 1 is 1.02 bits per heavy atom. The number of benzene rings is 1. The van der Waals surface area contributed by atoms with Crippen LogP contribution in [0.2, 0.25) is 0 Å². The molecular formula is C29H34F3N5O4. The Morgan fingerprint density at radius 3 is 2.49 bits per heavy atom. The number of pyridine rings is 1. The van der Waals surface area contributed by atoms with Crippen LogP contribution in [0, 0.1) is 11.8 Å². The second-order valence-corrected chi connectivity index (χ2v) is 10.9. The number of halogens is 3. The molecule has 0 saturated carbocycles. The molecule has 3 amide bonds. The standard InChI is InChI=1S/C29H34F3N5O4/c1-16(2)23-14-22(38)7-4-6-21-13-20-12-18(9-10-19(20)15-33-21)25(29(30,31)32)35-27(40)24-8-5-11-37(36-24)28(41)17(3)34-26(23)39/h4,6,9-10,12-13,15-17,23-25,36H,5,7-8,11,14H2,1-3H3,(H,34,39)(H,35,40)/b6-4+/t17-,23-,24-,25-/m0/s1. The maximum atomic E-state index is 14.2. The van der Waals surface area contributed by atoms with Gasteiger partial charge in [-0.05, 0) is 54.8 Å². The molecule has 0 unspecified atom stereocenters. The van der Waals surface area contributed by atoms with Crippen LogP contribution < -0.4 is 16.1 Å². The predicted molar refractivity (Wildman–Crippen MR) is 146 cm³/mol. The van der Waals surface area contributed by atoms with E-state index in [1.54, 1.807) is 18.2 Å². The van der Waals surface area contributed by atoms with E-state index in [1.165, 1.54) is 31.3 Å². The van der Waals surface area contributed by atoms with Crippen LogP contribution in [-0.4, -0.2) is 58.3 Å². The topological polar surface area (TPSA) is 120 Å². The fourth-order valence-electron chi connectivity index (χ4n) is 5.07. The van der Waals surface area contributed by atoms with Crippen LogP contribution in [0.5, 0.6) is 0 Å². The highest BCUT2D eigenvalue weighted by Gasteiger charge is 2.43. The Morgan fingerprint density at radius 2 is 1.78 bits per heavy atom. The lowest BCUT2D eigenvalue weighted by Crippen LogP contribution is -2.61. The maximum Gasteiger partial charge on any atom is 0.412 e. The van der Waals surface area contributed by atoms with Gasteiger partial charge in [-0.3, -0.25) is 29.2 Å². The molecule has 1 fully saturated rings. The Kier molecular flexibility index (Phi) is 9.11. The van der Waals surface area contributed by atoms with Gasteiger partial charge in [-0.15, -0.1) is 0 Å². The molecule has 5 bridgehead atoms. The van der Waals surface area contributed by atoms with Crippen molar-refractivity contribution >= 4 is 40.4 Å². The molecule has 220 valence electrons. The van der Waals surface area contributed by atoms with Crippen molar-refractivity contribution in [2.75, 3.05) is 6.54 Å². The molecule has 1 aromatic heterocycles. The number of fused-ring (bicyclic) bond motifs is 4. The van der Waals surface area contributed by atoms with Gasteiger partial charge in [0, 0.05) is 36.9 Å². The third-order valence-corrected chi connectivity index (χ3v) is 7.44. The number of carbonyl (C=O) groups is 4. The second-order valence-electron chi connectivity index (χ2n) is 10.9. The number of nitrogens with one attached hydrogen (secondary N) is 3. The normalized spacial score (nSPS) is 26.2. The van der Waals surface area contributed by atoms with Crippen molar-refractivity contribution in [1.82, 2.24) is 26.1 Å². The van der Waals surface area contributed by atoms with Crippen molar-refractivity contribution in [2.24, 2.45) is 11.8 Å². The van der Waals surface area contributed by atoms with Crippen LogP contribution in [0.25, 0.3) is 16.8 Å². The number of aromatic nitrogens is 1. The summed E-state index contributed by atoms with van der Waals surface area (Å²) in [5, 5.41) is 7.03. The molecule has 2 aromatic rings. The fourth-order valence-corrected chi connectivity index (χ4v) is 5.07. The third kappa shape index (κ3) is 7.29. The SMILES string of the molecule is CC(C)[C@@H]1CC(=O)C/C=C/c2cc3cc(ccc3cn2)[C@@H](C(F)(F)F)NC(=O)[C@@H]2CCCN(N2)C(=O)[C@H](C)NC1=O. The minimum absolute atomic E-state index is 0.0215. The molecule has 3 N–H and O–H groups in total. The molecule has 3 heterocycles. The van der Waals surface area contributed by atoms with E-state index in [1.807, 2.05) is 13.8 Å². The molecule has 2 aliphatic heterocycles. The minimum atomic E-state index is -4.79. The number of amides is 3. The van der Waals surface area contributed by atoms with E-state index < -0.39 is 47.9 Å². The van der Waals surface area contributed by atoms with E-state index in [2.05, 4.69) is 21.0 Å². The van der Waals surface area contributed by atoms with E-state index in [-0.39, 0.29) is 43.1 Å². The first-order valence-electron chi connectivity index (χ1n) is 13.7. The first kappa shape index (κ1) is 30.2. The van der Waals surface area contributed by atoms with Crippen LogP contribution in [-0.2, 0) is 19.2 Å². The molecule has 4 rings (SSSR count). The smallest absolute Gasteiger partial charge is 0.344 e. The Balaban J connectivity index is 1.71. The molecule has 0 radical (unpaired) electrons. The number of hydrazine groups is 1. The van der Waals surface area contributed by atoms with Crippen LogP contribution in [0.1, 0.15) is 63.8 Å². The van der Waals surface area contributed by atoms with Gasteiger partial charge in [0.05, 0.1) is 5.69 Å². The quantitative estimate of drug-likeness (QED) is 0.480. The van der Waals surface area contributed by atoms with Gasteiger partial charge in [0.15, 0.2) is 6.04 Å². The summed E-state index contributed by atoms with van der Waals surface area (Å²) in [5.41, 5.74) is 3.03. The highest BCUT2D eigenvalue weighted by molar-refractivity contribution is 5.92. The monoisotopic (exact) mass is 573 g/mol. The molecule has 1 aromatic carbocycles. The Labute approximate surface area is 235 Å². The highest BCUT2D eigenvalue weighted by atomic mass is 19.4. The molecule has 12 heteroatoms. The van der Waals surface area contributed by atoms with Crippen LogP contribution >= 0.6 is 0 Å².